The zero-order valence-electron chi connectivity index (χ0n) is 7.51. The van der Waals surface area contributed by atoms with E-state index in [1.165, 1.54) is 12.3 Å². The van der Waals surface area contributed by atoms with Gasteiger partial charge in [0.2, 0.25) is 0 Å². The van der Waals surface area contributed by atoms with E-state index in [0.717, 1.165) is 0 Å². The fourth-order valence-electron chi connectivity index (χ4n) is 1.71. The number of β-amino-alcohol motifs (C(OH)–C–C–N with tert-alkyl or cyclic N) is 1. The van der Waals surface area contributed by atoms with Crippen molar-refractivity contribution in [1.29, 1.82) is 0 Å². The van der Waals surface area contributed by atoms with Crippen molar-refractivity contribution >= 4 is 11.6 Å². The minimum atomic E-state index is -1.07. The van der Waals surface area contributed by atoms with Crippen LogP contribution in [-0.4, -0.2) is 23.2 Å². The Morgan fingerprint density at radius 3 is 3.00 bits per heavy atom. The van der Waals surface area contributed by atoms with E-state index in [9.17, 15) is 9.90 Å². The molecule has 1 aromatic rings. The minimum absolute atomic E-state index is 0.277. The summed E-state index contributed by atoms with van der Waals surface area (Å²) in [7, 11) is 0. The van der Waals surface area contributed by atoms with Crippen molar-refractivity contribution in [2.75, 3.05) is 13.1 Å². The Bertz CT molecular complexity index is 396. The SMILES string of the molecule is O=c1[nH]cc(Cl)cc1C1(O)CCNC1. The van der Waals surface area contributed by atoms with Crippen molar-refractivity contribution in [2.45, 2.75) is 12.0 Å². The number of hydrogen-bond donors (Lipinski definition) is 3. The molecule has 3 N–H and O–H groups in total. The Balaban J connectivity index is 2.49. The van der Waals surface area contributed by atoms with Crippen LogP contribution in [0, 0.1) is 0 Å². The number of aromatic amines is 1. The highest BCUT2D eigenvalue weighted by atomic mass is 35.5. The van der Waals surface area contributed by atoms with Gasteiger partial charge in [-0.3, -0.25) is 4.79 Å². The minimum Gasteiger partial charge on any atom is -0.384 e. The molecule has 0 radical (unpaired) electrons. The van der Waals surface area contributed by atoms with Crippen LogP contribution < -0.4 is 10.9 Å². The number of rotatable bonds is 1. The molecule has 2 heterocycles. The number of H-pyrrole nitrogens is 1. The van der Waals surface area contributed by atoms with Gasteiger partial charge in [-0.1, -0.05) is 11.6 Å². The zero-order chi connectivity index (χ0) is 10.2. The van der Waals surface area contributed by atoms with E-state index in [0.29, 0.717) is 30.1 Å². The molecule has 1 atom stereocenters. The van der Waals surface area contributed by atoms with Crippen LogP contribution in [0.15, 0.2) is 17.1 Å². The van der Waals surface area contributed by atoms with Crippen LogP contribution in [0.2, 0.25) is 5.02 Å². The van der Waals surface area contributed by atoms with Crippen molar-refractivity contribution in [3.63, 3.8) is 0 Å². The lowest BCUT2D eigenvalue weighted by Gasteiger charge is -2.20. The van der Waals surface area contributed by atoms with Crippen molar-refractivity contribution < 1.29 is 5.11 Å². The standard InChI is InChI=1S/C9H11ClN2O2/c10-6-3-7(8(13)12-4-6)9(14)1-2-11-5-9/h3-4,11,14H,1-2,5H2,(H,12,13). The largest absolute Gasteiger partial charge is 0.384 e. The van der Waals surface area contributed by atoms with E-state index in [4.69, 9.17) is 11.6 Å². The second-order valence-corrected chi connectivity index (χ2v) is 3.96. The number of aliphatic hydroxyl groups is 1. The first-order valence-corrected chi connectivity index (χ1v) is 4.81. The van der Waals surface area contributed by atoms with Gasteiger partial charge in [0.25, 0.3) is 5.56 Å². The molecule has 0 spiro atoms. The molecule has 1 fully saturated rings. The first-order valence-electron chi connectivity index (χ1n) is 4.44. The molecule has 1 aromatic heterocycles. The number of pyridine rings is 1. The van der Waals surface area contributed by atoms with Gasteiger partial charge in [-0.2, -0.15) is 0 Å². The predicted molar refractivity (Wildman–Crippen MR) is 53.5 cm³/mol. The maximum atomic E-state index is 11.5. The van der Waals surface area contributed by atoms with Crippen molar-refractivity contribution in [3.05, 3.63) is 33.2 Å². The van der Waals surface area contributed by atoms with Gasteiger partial charge >= 0.3 is 0 Å². The van der Waals surface area contributed by atoms with Gasteiger partial charge in [-0.05, 0) is 19.0 Å². The first kappa shape index (κ1) is 9.71. The molecule has 14 heavy (non-hydrogen) atoms. The third kappa shape index (κ3) is 1.56. The highest BCUT2D eigenvalue weighted by Gasteiger charge is 2.35. The summed E-state index contributed by atoms with van der Waals surface area (Å²) in [5.74, 6) is 0. The van der Waals surface area contributed by atoms with Gasteiger partial charge in [0.1, 0.15) is 5.60 Å². The van der Waals surface area contributed by atoms with Crippen molar-refractivity contribution in [3.8, 4) is 0 Å². The summed E-state index contributed by atoms with van der Waals surface area (Å²) >= 11 is 5.76. The second-order valence-electron chi connectivity index (χ2n) is 3.52. The molecule has 5 heteroatoms. The van der Waals surface area contributed by atoms with E-state index < -0.39 is 5.60 Å². The molecule has 0 aliphatic carbocycles. The van der Waals surface area contributed by atoms with Crippen LogP contribution in [0.4, 0.5) is 0 Å². The smallest absolute Gasteiger partial charge is 0.254 e. The maximum Gasteiger partial charge on any atom is 0.254 e. The normalized spacial score (nSPS) is 26.7. The fourth-order valence-corrected chi connectivity index (χ4v) is 1.88. The number of aromatic nitrogens is 1. The molecule has 1 aliphatic heterocycles. The molecule has 2 rings (SSSR count). The van der Waals surface area contributed by atoms with Crippen molar-refractivity contribution in [2.24, 2.45) is 0 Å². The maximum absolute atomic E-state index is 11.5. The molecule has 1 unspecified atom stereocenters. The van der Waals surface area contributed by atoms with Crippen LogP contribution in [0.25, 0.3) is 0 Å². The Hall–Kier alpha value is -0.840. The van der Waals surface area contributed by atoms with Crippen molar-refractivity contribution in [1.82, 2.24) is 10.3 Å². The lowest BCUT2D eigenvalue weighted by molar-refractivity contribution is 0.0572. The summed E-state index contributed by atoms with van der Waals surface area (Å²) in [5.41, 5.74) is -1.01. The van der Waals surface area contributed by atoms with Gasteiger partial charge < -0.3 is 15.4 Å². The summed E-state index contributed by atoms with van der Waals surface area (Å²) in [6.07, 6.45) is 1.95. The topological polar surface area (TPSA) is 65.1 Å². The lowest BCUT2D eigenvalue weighted by Crippen LogP contribution is -2.34. The van der Waals surface area contributed by atoms with E-state index >= 15 is 0 Å². The molecule has 4 nitrogen and oxygen atoms in total. The van der Waals surface area contributed by atoms with Crippen LogP contribution in [0.3, 0.4) is 0 Å². The summed E-state index contributed by atoms with van der Waals surface area (Å²) in [6, 6.07) is 1.52. The average molecular weight is 215 g/mol. The zero-order valence-corrected chi connectivity index (χ0v) is 8.27. The van der Waals surface area contributed by atoms with Gasteiger partial charge in [0.15, 0.2) is 0 Å². The van der Waals surface area contributed by atoms with E-state index in [-0.39, 0.29) is 5.56 Å². The van der Waals surface area contributed by atoms with E-state index in [2.05, 4.69) is 10.3 Å². The molecule has 0 amide bonds. The monoisotopic (exact) mass is 214 g/mol. The Morgan fingerprint density at radius 2 is 2.36 bits per heavy atom. The van der Waals surface area contributed by atoms with Crippen LogP contribution in [-0.2, 0) is 5.60 Å². The van der Waals surface area contributed by atoms with Crippen LogP contribution in [0.5, 0.6) is 0 Å². The van der Waals surface area contributed by atoms with Gasteiger partial charge in [-0.25, -0.2) is 0 Å². The van der Waals surface area contributed by atoms with Gasteiger partial charge in [0.05, 0.1) is 10.6 Å². The summed E-state index contributed by atoms with van der Waals surface area (Å²) in [6.45, 7) is 1.11. The van der Waals surface area contributed by atoms with Crippen LogP contribution in [0.1, 0.15) is 12.0 Å². The highest BCUT2D eigenvalue weighted by Crippen LogP contribution is 2.25. The fraction of sp³-hybridized carbons (Fsp3) is 0.444. The molecule has 1 aliphatic rings. The summed E-state index contributed by atoms with van der Waals surface area (Å²) in [5, 5.41) is 13.6. The Morgan fingerprint density at radius 1 is 1.57 bits per heavy atom. The number of halogens is 1. The molecule has 0 bridgehead atoms. The third-order valence-electron chi connectivity index (χ3n) is 2.50. The highest BCUT2D eigenvalue weighted by molar-refractivity contribution is 6.30. The Labute approximate surface area is 85.9 Å². The number of hydrogen-bond acceptors (Lipinski definition) is 3. The summed E-state index contributed by atoms with van der Waals surface area (Å²) < 4.78 is 0. The number of nitrogens with one attached hydrogen (secondary N) is 2. The molecule has 1 saturated heterocycles. The molecule has 76 valence electrons. The molecule has 0 saturated carbocycles. The quantitative estimate of drug-likeness (QED) is 0.626. The van der Waals surface area contributed by atoms with Crippen LogP contribution >= 0.6 is 11.6 Å². The van der Waals surface area contributed by atoms with Gasteiger partial charge in [-0.15, -0.1) is 0 Å². The van der Waals surface area contributed by atoms with Gasteiger partial charge in [0, 0.05) is 12.7 Å². The summed E-state index contributed by atoms with van der Waals surface area (Å²) in [4.78, 5) is 14.0. The second kappa shape index (κ2) is 3.38. The Kier molecular flexibility index (Phi) is 2.34. The predicted octanol–water partition coefficient (Wildman–Crippen LogP) is 0.209. The van der Waals surface area contributed by atoms with E-state index in [1.807, 2.05) is 0 Å². The molecular weight excluding hydrogens is 204 g/mol. The average Bonchev–Trinajstić information content (AvgIpc) is 2.58. The first-order chi connectivity index (χ1) is 6.62. The third-order valence-corrected chi connectivity index (χ3v) is 2.72. The van der Waals surface area contributed by atoms with E-state index in [1.54, 1.807) is 0 Å². The molecule has 0 aromatic carbocycles. The molecular formula is C9H11ClN2O2. The lowest BCUT2D eigenvalue weighted by atomic mass is 9.94.